The standard InChI is InChI=1S/C22H13N3O4S/c23-9-14(10-24-15-5-6-19-20(8-15)28-12-27-19)21-25-17(11-30-21)16-7-13-3-1-2-4-18(13)29-22(16)26/h1-8,10-11,24H,12H2. The molecule has 4 aromatic rings. The van der Waals surface area contributed by atoms with Gasteiger partial charge in [0, 0.05) is 28.7 Å². The highest BCUT2D eigenvalue weighted by atomic mass is 32.1. The fraction of sp³-hybridized carbons (Fsp3) is 0.0455. The minimum Gasteiger partial charge on any atom is -0.454 e. The van der Waals surface area contributed by atoms with Crippen LogP contribution in [0, 0.1) is 11.3 Å². The quantitative estimate of drug-likeness (QED) is 0.384. The normalized spacial score (nSPS) is 12.7. The van der Waals surface area contributed by atoms with Crippen LogP contribution in [0.5, 0.6) is 11.5 Å². The molecular weight excluding hydrogens is 402 g/mol. The van der Waals surface area contributed by atoms with Crippen molar-refractivity contribution < 1.29 is 13.9 Å². The molecular formula is C22H13N3O4S. The van der Waals surface area contributed by atoms with Crippen LogP contribution in [0.3, 0.4) is 0 Å². The van der Waals surface area contributed by atoms with Crippen LogP contribution < -0.4 is 20.4 Å². The molecule has 1 aliphatic heterocycles. The van der Waals surface area contributed by atoms with Crippen LogP contribution in [-0.4, -0.2) is 11.8 Å². The molecule has 0 bridgehead atoms. The highest BCUT2D eigenvalue weighted by molar-refractivity contribution is 7.11. The molecule has 1 N–H and O–H groups in total. The predicted octanol–water partition coefficient (Wildman–Crippen LogP) is 4.62. The average molecular weight is 415 g/mol. The Bertz CT molecular complexity index is 1400. The van der Waals surface area contributed by atoms with Gasteiger partial charge in [0.1, 0.15) is 22.2 Å². The monoisotopic (exact) mass is 415 g/mol. The van der Waals surface area contributed by atoms with Gasteiger partial charge in [0.2, 0.25) is 6.79 Å². The van der Waals surface area contributed by atoms with Crippen LogP contribution in [-0.2, 0) is 0 Å². The van der Waals surface area contributed by atoms with Gasteiger partial charge < -0.3 is 19.2 Å². The number of hydrogen-bond acceptors (Lipinski definition) is 8. The fourth-order valence-corrected chi connectivity index (χ4v) is 3.83. The number of allylic oxidation sites excluding steroid dienone is 1. The number of nitrogens with one attached hydrogen (secondary N) is 1. The van der Waals surface area contributed by atoms with Gasteiger partial charge in [0.05, 0.1) is 11.3 Å². The van der Waals surface area contributed by atoms with Gasteiger partial charge >= 0.3 is 5.63 Å². The second-order valence-electron chi connectivity index (χ2n) is 6.41. The highest BCUT2D eigenvalue weighted by Gasteiger charge is 2.15. The third-order valence-electron chi connectivity index (χ3n) is 4.53. The van der Waals surface area contributed by atoms with Gasteiger partial charge in [-0.05, 0) is 24.3 Å². The Morgan fingerprint density at radius 3 is 2.93 bits per heavy atom. The first-order valence-corrected chi connectivity index (χ1v) is 9.85. The summed E-state index contributed by atoms with van der Waals surface area (Å²) in [6, 6.07) is 16.6. The van der Waals surface area contributed by atoms with Gasteiger partial charge in [-0.3, -0.25) is 0 Å². The van der Waals surface area contributed by atoms with Crippen LogP contribution in [0.25, 0.3) is 27.8 Å². The lowest BCUT2D eigenvalue weighted by molar-refractivity contribution is 0.174. The molecule has 3 heterocycles. The third kappa shape index (κ3) is 3.27. The lowest BCUT2D eigenvalue weighted by Gasteiger charge is -2.03. The second-order valence-corrected chi connectivity index (χ2v) is 7.26. The molecule has 8 heteroatoms. The van der Waals surface area contributed by atoms with E-state index in [1.54, 1.807) is 35.8 Å². The first kappa shape index (κ1) is 18.0. The van der Waals surface area contributed by atoms with Crippen molar-refractivity contribution in [2.75, 3.05) is 12.1 Å². The fourth-order valence-electron chi connectivity index (χ4n) is 3.05. The Hall–Kier alpha value is -4.09. The summed E-state index contributed by atoms with van der Waals surface area (Å²) in [6.07, 6.45) is 1.57. The van der Waals surface area contributed by atoms with Gasteiger partial charge in [-0.1, -0.05) is 18.2 Å². The zero-order valence-electron chi connectivity index (χ0n) is 15.4. The van der Waals surface area contributed by atoms with E-state index in [0.717, 1.165) is 11.1 Å². The Balaban J connectivity index is 1.44. The van der Waals surface area contributed by atoms with Gasteiger partial charge in [0.25, 0.3) is 0 Å². The Kier molecular flexibility index (Phi) is 4.42. The number of para-hydroxylation sites is 1. The zero-order valence-corrected chi connectivity index (χ0v) is 16.2. The maximum atomic E-state index is 12.4. The number of anilines is 1. The van der Waals surface area contributed by atoms with E-state index in [2.05, 4.69) is 16.4 Å². The minimum absolute atomic E-state index is 0.197. The summed E-state index contributed by atoms with van der Waals surface area (Å²) in [7, 11) is 0. The molecule has 0 atom stereocenters. The number of benzene rings is 2. The molecule has 5 rings (SSSR count). The molecule has 0 saturated heterocycles. The predicted molar refractivity (Wildman–Crippen MR) is 113 cm³/mol. The smallest absolute Gasteiger partial charge is 0.345 e. The van der Waals surface area contributed by atoms with Gasteiger partial charge in [-0.25, -0.2) is 9.78 Å². The summed E-state index contributed by atoms with van der Waals surface area (Å²) >= 11 is 1.28. The zero-order chi connectivity index (χ0) is 20.5. The van der Waals surface area contributed by atoms with Crippen LogP contribution in [0.4, 0.5) is 5.69 Å². The molecule has 2 aromatic heterocycles. The molecule has 0 fully saturated rings. The summed E-state index contributed by atoms with van der Waals surface area (Å²) in [4.78, 5) is 16.8. The van der Waals surface area contributed by atoms with Crippen LogP contribution in [0.1, 0.15) is 5.01 Å². The Morgan fingerprint density at radius 1 is 1.17 bits per heavy atom. The van der Waals surface area contributed by atoms with Crippen LogP contribution in [0.15, 0.2) is 69.3 Å². The van der Waals surface area contributed by atoms with Crippen molar-refractivity contribution in [2.24, 2.45) is 0 Å². The van der Waals surface area contributed by atoms with Crippen molar-refractivity contribution in [1.29, 1.82) is 5.26 Å². The first-order chi connectivity index (χ1) is 14.7. The molecule has 0 radical (unpaired) electrons. The first-order valence-electron chi connectivity index (χ1n) is 8.97. The maximum Gasteiger partial charge on any atom is 0.345 e. The summed E-state index contributed by atoms with van der Waals surface area (Å²) in [5.41, 5.74) is 1.97. The van der Waals surface area contributed by atoms with E-state index in [9.17, 15) is 10.1 Å². The Labute approximate surface area is 174 Å². The van der Waals surface area contributed by atoms with E-state index in [1.807, 2.05) is 24.3 Å². The van der Waals surface area contributed by atoms with Crippen molar-refractivity contribution in [1.82, 2.24) is 4.98 Å². The molecule has 2 aromatic carbocycles. The number of hydrogen-bond donors (Lipinski definition) is 1. The van der Waals surface area contributed by atoms with E-state index in [4.69, 9.17) is 13.9 Å². The van der Waals surface area contributed by atoms with Gasteiger partial charge in [0.15, 0.2) is 11.5 Å². The number of nitrogens with zero attached hydrogens (tertiary/aromatic N) is 2. The van der Waals surface area contributed by atoms with Crippen molar-refractivity contribution in [3.8, 4) is 28.8 Å². The van der Waals surface area contributed by atoms with Crippen LogP contribution in [0.2, 0.25) is 0 Å². The largest absolute Gasteiger partial charge is 0.454 e. The molecule has 146 valence electrons. The Morgan fingerprint density at radius 2 is 2.03 bits per heavy atom. The molecule has 0 amide bonds. The molecule has 30 heavy (non-hydrogen) atoms. The summed E-state index contributed by atoms with van der Waals surface area (Å²) < 4.78 is 16.0. The number of aromatic nitrogens is 1. The summed E-state index contributed by atoms with van der Waals surface area (Å²) in [5.74, 6) is 1.33. The minimum atomic E-state index is -0.466. The van der Waals surface area contributed by atoms with E-state index in [-0.39, 0.29) is 6.79 Å². The molecule has 1 aliphatic rings. The maximum absolute atomic E-state index is 12.4. The van der Waals surface area contributed by atoms with Crippen molar-refractivity contribution >= 4 is 33.6 Å². The van der Waals surface area contributed by atoms with Gasteiger partial charge in [-0.2, -0.15) is 5.26 Å². The third-order valence-corrected chi connectivity index (χ3v) is 5.40. The van der Waals surface area contributed by atoms with Crippen LogP contribution >= 0.6 is 11.3 Å². The van der Waals surface area contributed by atoms with E-state index >= 15 is 0 Å². The van der Waals surface area contributed by atoms with Crippen molar-refractivity contribution in [2.45, 2.75) is 0 Å². The topological polar surface area (TPSA) is 97.4 Å². The number of fused-ring (bicyclic) bond motifs is 2. The molecule has 0 aliphatic carbocycles. The number of thiazole rings is 1. The second kappa shape index (κ2) is 7.39. The van der Waals surface area contributed by atoms with Gasteiger partial charge in [-0.15, -0.1) is 11.3 Å². The molecule has 7 nitrogen and oxygen atoms in total. The van der Waals surface area contributed by atoms with E-state index in [0.29, 0.717) is 38.9 Å². The number of nitriles is 1. The summed E-state index contributed by atoms with van der Waals surface area (Å²) in [5, 5.41) is 15.7. The van der Waals surface area contributed by atoms with Crippen molar-refractivity contribution in [3.05, 3.63) is 75.5 Å². The molecule has 0 saturated carbocycles. The molecule has 0 spiro atoms. The highest BCUT2D eigenvalue weighted by Crippen LogP contribution is 2.34. The van der Waals surface area contributed by atoms with E-state index < -0.39 is 5.63 Å². The average Bonchev–Trinajstić information content (AvgIpc) is 3.43. The summed E-state index contributed by atoms with van der Waals surface area (Å²) in [6.45, 7) is 0.197. The van der Waals surface area contributed by atoms with Crippen molar-refractivity contribution in [3.63, 3.8) is 0 Å². The van der Waals surface area contributed by atoms with E-state index in [1.165, 1.54) is 11.3 Å². The SMILES string of the molecule is N#CC(=CNc1ccc2c(c1)OCO2)c1nc(-c2cc3ccccc3oc2=O)cs1. The lowest BCUT2D eigenvalue weighted by atomic mass is 10.1. The number of rotatable bonds is 4. The lowest BCUT2D eigenvalue weighted by Crippen LogP contribution is -2.02. The molecule has 0 unspecified atom stereocenters. The number of ether oxygens (including phenoxy) is 2.